The topological polar surface area (TPSA) is 188 Å². The Hall–Kier alpha value is -3.42. The minimum absolute atomic E-state index is 0. The average molecular weight is 536 g/mol. The van der Waals surface area contributed by atoms with Gasteiger partial charge in [-0.1, -0.05) is 12.1 Å². The summed E-state index contributed by atoms with van der Waals surface area (Å²) < 4.78 is 44.1. The van der Waals surface area contributed by atoms with Crippen LogP contribution in [0.15, 0.2) is 30.3 Å². The summed E-state index contributed by atoms with van der Waals surface area (Å²) in [7, 11) is -4.32. The van der Waals surface area contributed by atoms with Gasteiger partial charge in [0, 0.05) is 22.8 Å². The first kappa shape index (κ1) is 28.2. The van der Waals surface area contributed by atoms with Crippen molar-refractivity contribution in [2.45, 2.75) is 13.8 Å². The Labute approximate surface area is 232 Å². The number of ketones is 3. The molecule has 0 radical (unpaired) electrons. The molecule has 0 unspecified atom stereocenters. The number of phenols is 3. The predicted molar refractivity (Wildman–Crippen MR) is 122 cm³/mol. The second-order valence-electron chi connectivity index (χ2n) is 7.92. The molecular weight excluding hydrogens is 519 g/mol. The van der Waals surface area contributed by atoms with Gasteiger partial charge in [-0.3, -0.25) is 14.4 Å². The van der Waals surface area contributed by atoms with E-state index in [0.717, 1.165) is 26.2 Å². The van der Waals surface area contributed by atoms with Crippen LogP contribution in [0.2, 0.25) is 0 Å². The minimum Gasteiger partial charge on any atom is -0.716 e. The molecule has 13 heteroatoms. The maximum Gasteiger partial charge on any atom is 1.00 e. The predicted octanol–water partition coefficient (Wildman–Crippen LogP) is -0.392. The van der Waals surface area contributed by atoms with Gasteiger partial charge in [0.25, 0.3) is 10.4 Å². The summed E-state index contributed by atoms with van der Waals surface area (Å²) in [5, 5.41) is 31.9. The van der Waals surface area contributed by atoms with Gasteiger partial charge in [0.15, 0.2) is 17.3 Å². The average Bonchev–Trinajstić information content (AvgIpc) is 2.76. The molecule has 0 spiro atoms. The molecule has 0 atom stereocenters. The second kappa shape index (κ2) is 9.80. The fraction of sp³-hybridized carbons (Fsp3) is 0.125. The molecular formula is C24H17NaO11S. The normalized spacial score (nSPS) is 12.3. The molecule has 0 saturated heterocycles. The zero-order valence-corrected chi connectivity index (χ0v) is 22.7. The summed E-state index contributed by atoms with van der Waals surface area (Å²) in [5.41, 5.74) is -2.80. The number of aromatic hydroxyl groups is 3. The molecule has 0 amide bonds. The van der Waals surface area contributed by atoms with Crippen molar-refractivity contribution in [3.63, 3.8) is 0 Å². The third kappa shape index (κ3) is 4.58. The van der Waals surface area contributed by atoms with E-state index in [-0.39, 0.29) is 57.6 Å². The van der Waals surface area contributed by atoms with Crippen LogP contribution in [0.1, 0.15) is 54.7 Å². The van der Waals surface area contributed by atoms with Gasteiger partial charge in [-0.2, -0.15) is 0 Å². The number of hydrogen-bond donors (Lipinski definition) is 3. The number of hydrogen-bond acceptors (Lipinski definition) is 11. The number of carbonyl (C=O) groups excluding carboxylic acids is 3. The second-order valence-corrected chi connectivity index (χ2v) is 8.90. The van der Waals surface area contributed by atoms with E-state index < -0.39 is 73.0 Å². The van der Waals surface area contributed by atoms with Crippen LogP contribution in [0.4, 0.5) is 0 Å². The van der Waals surface area contributed by atoms with E-state index in [1.54, 1.807) is 0 Å². The Morgan fingerprint density at radius 3 is 2.11 bits per heavy atom. The van der Waals surface area contributed by atoms with Crippen molar-refractivity contribution >= 4 is 27.7 Å². The molecule has 3 aromatic carbocycles. The molecule has 0 saturated carbocycles. The van der Waals surface area contributed by atoms with Crippen LogP contribution < -0.4 is 38.5 Å². The van der Waals surface area contributed by atoms with E-state index in [4.69, 9.17) is 4.74 Å². The van der Waals surface area contributed by atoms with Gasteiger partial charge in [0.05, 0.1) is 23.8 Å². The minimum atomic E-state index is -5.44. The fourth-order valence-corrected chi connectivity index (χ4v) is 4.70. The Morgan fingerprint density at radius 1 is 0.892 bits per heavy atom. The number of carbonyl (C=O) groups is 3. The number of Topliss-reactive ketones (excluding diaryl/α,β-unsaturated/α-hetero) is 1. The van der Waals surface area contributed by atoms with Crippen LogP contribution in [-0.4, -0.2) is 52.7 Å². The molecule has 0 aliphatic heterocycles. The molecule has 0 aromatic heterocycles. The molecule has 4 rings (SSSR count). The summed E-state index contributed by atoms with van der Waals surface area (Å²) >= 11 is 0. The third-order valence-corrected chi connectivity index (χ3v) is 6.10. The standard InChI is InChI=1S/C24H18O11S.Na/c1-9-7-13(27)19-21(22(28)11-5-4-6-12(26)18(11)24(19)30)16(9)20-15(35-36(31,32)33)8-14(34-3)17(10(2)25)23(20)29;/h4-8,26-27,29H,1-3H3,(H,31,32,33);/q;+1/p-1. The van der Waals surface area contributed by atoms with Gasteiger partial charge in [0.1, 0.15) is 28.6 Å². The Morgan fingerprint density at radius 2 is 1.54 bits per heavy atom. The van der Waals surface area contributed by atoms with Crippen molar-refractivity contribution in [2.24, 2.45) is 0 Å². The van der Waals surface area contributed by atoms with Crippen LogP contribution in [0.3, 0.4) is 0 Å². The Bertz CT molecular complexity index is 1620. The van der Waals surface area contributed by atoms with Crippen molar-refractivity contribution in [3.8, 4) is 39.9 Å². The van der Waals surface area contributed by atoms with Crippen molar-refractivity contribution in [3.05, 3.63) is 63.7 Å². The smallest absolute Gasteiger partial charge is 0.716 e. The number of phenolic OH excluding ortho intramolecular Hbond substituents is 3. The largest absolute Gasteiger partial charge is 1.00 e. The first-order valence-electron chi connectivity index (χ1n) is 10.2. The quantitative estimate of drug-likeness (QED) is 0.130. The number of aryl methyl sites for hydroxylation is 1. The van der Waals surface area contributed by atoms with E-state index in [9.17, 15) is 42.7 Å². The first-order valence-corrected chi connectivity index (χ1v) is 11.5. The summed E-state index contributed by atoms with van der Waals surface area (Å²) in [4.78, 5) is 39.2. The summed E-state index contributed by atoms with van der Waals surface area (Å²) in [6.07, 6.45) is 0. The third-order valence-electron chi connectivity index (χ3n) is 5.71. The van der Waals surface area contributed by atoms with Crippen molar-refractivity contribution in [2.75, 3.05) is 7.11 Å². The van der Waals surface area contributed by atoms with Gasteiger partial charge in [-0.25, -0.2) is 8.42 Å². The molecule has 11 nitrogen and oxygen atoms in total. The zero-order chi connectivity index (χ0) is 26.7. The number of benzene rings is 3. The van der Waals surface area contributed by atoms with Crippen LogP contribution in [0.5, 0.6) is 28.7 Å². The number of rotatable bonds is 5. The van der Waals surface area contributed by atoms with E-state index in [1.165, 1.54) is 25.1 Å². The first-order chi connectivity index (χ1) is 16.8. The van der Waals surface area contributed by atoms with E-state index in [0.29, 0.717) is 0 Å². The molecule has 1 aliphatic rings. The van der Waals surface area contributed by atoms with Crippen molar-refractivity contribution < 1.29 is 81.2 Å². The van der Waals surface area contributed by atoms with E-state index >= 15 is 0 Å². The van der Waals surface area contributed by atoms with Crippen molar-refractivity contribution in [1.82, 2.24) is 0 Å². The van der Waals surface area contributed by atoms with Crippen LogP contribution >= 0.6 is 0 Å². The molecule has 186 valence electrons. The van der Waals surface area contributed by atoms with Gasteiger partial charge in [0.2, 0.25) is 5.78 Å². The van der Waals surface area contributed by atoms with Gasteiger partial charge >= 0.3 is 29.6 Å². The number of methoxy groups -OCH3 is 1. The monoisotopic (exact) mass is 536 g/mol. The molecule has 0 bridgehead atoms. The molecule has 1 aliphatic carbocycles. The SMILES string of the molecule is COc1cc(OS(=O)(=O)[O-])c(-c2c(C)cc(O)c3c2C(=O)c2cccc(O)c2C3=O)c(O)c1C(C)=O.[Na+]. The maximum atomic E-state index is 13.6. The molecule has 0 heterocycles. The zero-order valence-electron chi connectivity index (χ0n) is 19.9. The van der Waals surface area contributed by atoms with Gasteiger partial charge < -0.3 is 28.8 Å². The van der Waals surface area contributed by atoms with Crippen LogP contribution in [-0.2, 0) is 10.4 Å². The molecule has 37 heavy (non-hydrogen) atoms. The Kier molecular flexibility index (Phi) is 7.46. The van der Waals surface area contributed by atoms with Crippen molar-refractivity contribution in [1.29, 1.82) is 0 Å². The number of fused-ring (bicyclic) bond motifs is 2. The summed E-state index contributed by atoms with van der Waals surface area (Å²) in [5.74, 6) is -5.64. The maximum absolute atomic E-state index is 13.6. The Balaban J connectivity index is 0.00000380. The molecule has 3 N–H and O–H groups in total. The van der Waals surface area contributed by atoms with Crippen LogP contribution in [0.25, 0.3) is 11.1 Å². The van der Waals surface area contributed by atoms with E-state index in [2.05, 4.69) is 4.18 Å². The molecule has 3 aromatic rings. The molecule has 0 fully saturated rings. The number of ether oxygens (including phenoxy) is 1. The van der Waals surface area contributed by atoms with Crippen LogP contribution in [0, 0.1) is 6.92 Å². The van der Waals surface area contributed by atoms with Gasteiger partial charge in [-0.15, -0.1) is 0 Å². The van der Waals surface area contributed by atoms with E-state index in [1.807, 2.05) is 0 Å². The fourth-order valence-electron chi connectivity index (χ4n) is 4.35. The summed E-state index contributed by atoms with van der Waals surface area (Å²) in [6.45, 7) is 2.46. The van der Waals surface area contributed by atoms with Gasteiger partial charge in [-0.05, 0) is 31.5 Å². The summed E-state index contributed by atoms with van der Waals surface area (Å²) in [6, 6.07) is 5.69.